The summed E-state index contributed by atoms with van der Waals surface area (Å²) in [5.41, 5.74) is 1.20. The molecular weight excluding hydrogens is 306 g/mol. The number of rotatable bonds is 6. The van der Waals surface area contributed by atoms with Crippen molar-refractivity contribution in [3.8, 4) is 5.75 Å². The molecule has 1 aliphatic carbocycles. The number of hydrogen-bond donors (Lipinski definition) is 3. The molecule has 1 spiro atoms. The molecule has 2 aliphatic rings. The smallest absolute Gasteiger partial charge is 0.239 e. The Morgan fingerprint density at radius 1 is 1.21 bits per heavy atom. The summed E-state index contributed by atoms with van der Waals surface area (Å²) in [4.78, 5) is 24.1. The van der Waals surface area contributed by atoms with Crippen molar-refractivity contribution < 1.29 is 14.3 Å². The summed E-state index contributed by atoms with van der Waals surface area (Å²) >= 11 is 0. The van der Waals surface area contributed by atoms with E-state index in [1.165, 1.54) is 0 Å². The molecule has 1 aliphatic heterocycles. The summed E-state index contributed by atoms with van der Waals surface area (Å²) in [6.45, 7) is 2.47. The highest BCUT2D eigenvalue weighted by Gasteiger charge is 2.57. The van der Waals surface area contributed by atoms with Gasteiger partial charge < -0.3 is 20.7 Å². The van der Waals surface area contributed by atoms with Crippen LogP contribution in [0.2, 0.25) is 0 Å². The maximum atomic E-state index is 12.2. The fraction of sp³-hybridized carbons (Fsp3) is 0.556. The van der Waals surface area contributed by atoms with Gasteiger partial charge in [-0.15, -0.1) is 0 Å². The van der Waals surface area contributed by atoms with E-state index in [9.17, 15) is 9.59 Å². The number of piperidine rings is 1. The molecule has 1 atom stereocenters. The van der Waals surface area contributed by atoms with Crippen LogP contribution in [0.25, 0.3) is 0 Å². The zero-order valence-corrected chi connectivity index (χ0v) is 14.1. The lowest BCUT2D eigenvalue weighted by Crippen LogP contribution is -2.39. The SMILES string of the molecule is COc1ccc(CNC(=O)CNC(=O)C2CC23CCNCC3)cc1. The number of carbonyl (C=O) groups excluding carboxylic acids is 2. The Morgan fingerprint density at radius 3 is 2.58 bits per heavy atom. The van der Waals surface area contributed by atoms with Gasteiger partial charge in [-0.25, -0.2) is 0 Å². The van der Waals surface area contributed by atoms with Crippen LogP contribution in [0.4, 0.5) is 0 Å². The van der Waals surface area contributed by atoms with Crippen LogP contribution in [0.1, 0.15) is 24.8 Å². The molecule has 3 rings (SSSR count). The van der Waals surface area contributed by atoms with E-state index in [0.29, 0.717) is 6.54 Å². The van der Waals surface area contributed by atoms with Crippen molar-refractivity contribution in [2.45, 2.75) is 25.8 Å². The number of carbonyl (C=O) groups is 2. The van der Waals surface area contributed by atoms with Gasteiger partial charge in [0, 0.05) is 12.5 Å². The van der Waals surface area contributed by atoms with Crippen molar-refractivity contribution in [3.63, 3.8) is 0 Å². The normalized spacial score (nSPS) is 21.1. The Balaban J connectivity index is 1.37. The van der Waals surface area contributed by atoms with E-state index >= 15 is 0 Å². The molecule has 6 nitrogen and oxygen atoms in total. The molecule has 130 valence electrons. The highest BCUT2D eigenvalue weighted by atomic mass is 16.5. The van der Waals surface area contributed by atoms with E-state index in [4.69, 9.17) is 4.74 Å². The van der Waals surface area contributed by atoms with Crippen molar-refractivity contribution in [3.05, 3.63) is 29.8 Å². The van der Waals surface area contributed by atoms with E-state index in [1.807, 2.05) is 24.3 Å². The molecule has 1 aromatic carbocycles. The van der Waals surface area contributed by atoms with E-state index < -0.39 is 0 Å². The number of amides is 2. The molecule has 3 N–H and O–H groups in total. The van der Waals surface area contributed by atoms with Crippen LogP contribution >= 0.6 is 0 Å². The Bertz CT molecular complexity index is 594. The average Bonchev–Trinajstić information content (AvgIpc) is 3.31. The quantitative estimate of drug-likeness (QED) is 0.721. The fourth-order valence-electron chi connectivity index (χ4n) is 3.49. The molecule has 2 amide bonds. The summed E-state index contributed by atoms with van der Waals surface area (Å²) in [5.74, 6) is 0.735. The molecule has 6 heteroatoms. The van der Waals surface area contributed by atoms with Crippen LogP contribution in [-0.4, -0.2) is 38.6 Å². The number of nitrogens with one attached hydrogen (secondary N) is 3. The summed E-state index contributed by atoms with van der Waals surface area (Å²) in [6, 6.07) is 7.52. The predicted octanol–water partition coefficient (Wildman–Crippen LogP) is 0.817. The van der Waals surface area contributed by atoms with Crippen LogP contribution in [0.15, 0.2) is 24.3 Å². The molecule has 1 heterocycles. The number of methoxy groups -OCH3 is 1. The van der Waals surface area contributed by atoms with E-state index in [0.717, 1.165) is 43.7 Å². The number of hydrogen-bond acceptors (Lipinski definition) is 4. The molecule has 2 fully saturated rings. The molecule has 0 aromatic heterocycles. The Hall–Kier alpha value is -2.08. The van der Waals surface area contributed by atoms with Gasteiger partial charge in [0.05, 0.1) is 13.7 Å². The van der Waals surface area contributed by atoms with Crippen molar-refractivity contribution in [1.29, 1.82) is 0 Å². The van der Waals surface area contributed by atoms with Gasteiger partial charge in [-0.2, -0.15) is 0 Å². The minimum atomic E-state index is -0.167. The van der Waals surface area contributed by atoms with Gasteiger partial charge in [0.2, 0.25) is 11.8 Å². The van der Waals surface area contributed by atoms with Crippen LogP contribution in [-0.2, 0) is 16.1 Å². The summed E-state index contributed by atoms with van der Waals surface area (Å²) in [6.07, 6.45) is 3.09. The second-order valence-corrected chi connectivity index (χ2v) is 6.71. The van der Waals surface area contributed by atoms with Gasteiger partial charge in [-0.05, 0) is 55.5 Å². The van der Waals surface area contributed by atoms with Gasteiger partial charge in [0.25, 0.3) is 0 Å². The largest absolute Gasteiger partial charge is 0.497 e. The first kappa shape index (κ1) is 16.8. The van der Waals surface area contributed by atoms with Gasteiger partial charge in [0.1, 0.15) is 5.75 Å². The van der Waals surface area contributed by atoms with E-state index in [-0.39, 0.29) is 29.7 Å². The lowest BCUT2D eigenvalue weighted by molar-refractivity contribution is -0.127. The number of benzene rings is 1. The van der Waals surface area contributed by atoms with Crippen LogP contribution < -0.4 is 20.7 Å². The van der Waals surface area contributed by atoms with Gasteiger partial charge in [-0.3, -0.25) is 9.59 Å². The van der Waals surface area contributed by atoms with Gasteiger partial charge in [0.15, 0.2) is 0 Å². The summed E-state index contributed by atoms with van der Waals surface area (Å²) in [7, 11) is 1.62. The monoisotopic (exact) mass is 331 g/mol. The second kappa shape index (κ2) is 7.21. The third-order valence-electron chi connectivity index (χ3n) is 5.18. The van der Waals surface area contributed by atoms with Crippen molar-refractivity contribution in [1.82, 2.24) is 16.0 Å². The molecule has 1 aromatic rings. The predicted molar refractivity (Wildman–Crippen MR) is 90.5 cm³/mol. The molecule has 24 heavy (non-hydrogen) atoms. The molecule has 0 radical (unpaired) electrons. The zero-order chi connectivity index (χ0) is 17.0. The van der Waals surface area contributed by atoms with E-state index in [2.05, 4.69) is 16.0 Å². The first-order valence-electron chi connectivity index (χ1n) is 8.51. The third kappa shape index (κ3) is 3.87. The van der Waals surface area contributed by atoms with E-state index in [1.54, 1.807) is 7.11 Å². The Labute approximate surface area is 142 Å². The van der Waals surface area contributed by atoms with Crippen molar-refractivity contribution in [2.75, 3.05) is 26.7 Å². The molecule has 1 saturated heterocycles. The zero-order valence-electron chi connectivity index (χ0n) is 14.1. The third-order valence-corrected chi connectivity index (χ3v) is 5.18. The highest BCUT2D eigenvalue weighted by Crippen LogP contribution is 2.58. The summed E-state index contributed by atoms with van der Waals surface area (Å²) in [5, 5.41) is 8.92. The maximum Gasteiger partial charge on any atom is 0.239 e. The molecular formula is C18H25N3O3. The fourth-order valence-corrected chi connectivity index (χ4v) is 3.49. The van der Waals surface area contributed by atoms with Crippen LogP contribution in [0, 0.1) is 11.3 Å². The summed E-state index contributed by atoms with van der Waals surface area (Å²) < 4.78 is 5.10. The van der Waals surface area contributed by atoms with Crippen molar-refractivity contribution >= 4 is 11.8 Å². The van der Waals surface area contributed by atoms with Crippen LogP contribution in [0.3, 0.4) is 0 Å². The topological polar surface area (TPSA) is 79.5 Å². The Kier molecular flexibility index (Phi) is 5.04. The lowest BCUT2D eigenvalue weighted by atomic mass is 9.92. The first-order valence-corrected chi connectivity index (χ1v) is 8.51. The Morgan fingerprint density at radius 2 is 1.92 bits per heavy atom. The molecule has 0 bridgehead atoms. The average molecular weight is 331 g/mol. The first-order chi connectivity index (χ1) is 11.6. The van der Waals surface area contributed by atoms with Gasteiger partial charge in [-0.1, -0.05) is 12.1 Å². The molecule has 1 unspecified atom stereocenters. The van der Waals surface area contributed by atoms with Gasteiger partial charge >= 0.3 is 0 Å². The minimum Gasteiger partial charge on any atom is -0.497 e. The second-order valence-electron chi connectivity index (χ2n) is 6.71. The molecule has 1 saturated carbocycles. The van der Waals surface area contributed by atoms with Crippen molar-refractivity contribution in [2.24, 2.45) is 11.3 Å². The highest BCUT2D eigenvalue weighted by molar-refractivity contribution is 5.87. The minimum absolute atomic E-state index is 0.0245. The standard InChI is InChI=1S/C18H25N3O3/c1-24-14-4-2-13(3-5-14)11-20-16(22)12-21-17(23)15-10-18(15)6-8-19-9-7-18/h2-5,15,19H,6-12H2,1H3,(H,20,22)(H,21,23). The maximum absolute atomic E-state index is 12.2. The van der Waals surface area contributed by atoms with Crippen LogP contribution in [0.5, 0.6) is 5.75 Å². The number of ether oxygens (including phenoxy) is 1. The lowest BCUT2D eigenvalue weighted by Gasteiger charge is -2.23.